The molecule has 2 unspecified atom stereocenters. The Morgan fingerprint density at radius 3 is 2.72 bits per heavy atom. The first-order valence-corrected chi connectivity index (χ1v) is 6.20. The van der Waals surface area contributed by atoms with Crippen LogP contribution in [0.15, 0.2) is 24.3 Å². The van der Waals surface area contributed by atoms with Crippen LogP contribution in [0.25, 0.3) is 0 Å². The van der Waals surface area contributed by atoms with Gasteiger partial charge in [0.05, 0.1) is 6.04 Å². The average Bonchev–Trinajstić information content (AvgIpc) is 2.34. The molecule has 0 bridgehead atoms. The minimum absolute atomic E-state index is 0. The molecule has 0 aliphatic heterocycles. The summed E-state index contributed by atoms with van der Waals surface area (Å²) >= 11 is 5.86. The Balaban J connectivity index is 0.00000289. The third-order valence-corrected chi connectivity index (χ3v) is 3.15. The third kappa shape index (κ3) is 5.25. The second-order valence-corrected chi connectivity index (χ2v) is 4.70. The molecule has 3 nitrogen and oxygen atoms in total. The summed E-state index contributed by atoms with van der Waals surface area (Å²) in [5.41, 5.74) is 6.80. The maximum Gasteiger partial charge on any atom is 0.237 e. The van der Waals surface area contributed by atoms with Crippen molar-refractivity contribution >= 4 is 29.9 Å². The van der Waals surface area contributed by atoms with E-state index < -0.39 is 6.04 Å². The Morgan fingerprint density at radius 2 is 2.17 bits per heavy atom. The molecule has 0 fully saturated rings. The van der Waals surface area contributed by atoms with Gasteiger partial charge in [-0.2, -0.15) is 0 Å². The van der Waals surface area contributed by atoms with Gasteiger partial charge in [-0.05, 0) is 23.6 Å². The fourth-order valence-corrected chi connectivity index (χ4v) is 1.68. The predicted octanol–water partition coefficient (Wildman–Crippen LogP) is 2.75. The Morgan fingerprint density at radius 1 is 1.50 bits per heavy atom. The van der Waals surface area contributed by atoms with E-state index in [0.717, 1.165) is 12.0 Å². The Labute approximate surface area is 119 Å². The van der Waals surface area contributed by atoms with Gasteiger partial charge in [0.15, 0.2) is 0 Å². The van der Waals surface area contributed by atoms with E-state index in [2.05, 4.69) is 5.32 Å². The summed E-state index contributed by atoms with van der Waals surface area (Å²) in [5, 5.41) is 3.49. The average molecular weight is 291 g/mol. The SMILES string of the molecule is CCC(C)C(N)C(=O)NCc1cccc(Cl)c1.Cl. The zero-order valence-corrected chi connectivity index (χ0v) is 12.2. The van der Waals surface area contributed by atoms with E-state index in [9.17, 15) is 4.79 Å². The highest BCUT2D eigenvalue weighted by atomic mass is 35.5. The van der Waals surface area contributed by atoms with Crippen molar-refractivity contribution < 1.29 is 4.79 Å². The number of hydrogen-bond acceptors (Lipinski definition) is 2. The molecule has 0 saturated carbocycles. The molecule has 0 saturated heterocycles. The van der Waals surface area contributed by atoms with Crippen molar-refractivity contribution in [3.05, 3.63) is 34.9 Å². The van der Waals surface area contributed by atoms with Crippen LogP contribution in [-0.2, 0) is 11.3 Å². The van der Waals surface area contributed by atoms with Gasteiger partial charge in [0.25, 0.3) is 0 Å². The maximum atomic E-state index is 11.7. The minimum atomic E-state index is -0.445. The van der Waals surface area contributed by atoms with Crippen molar-refractivity contribution in [1.29, 1.82) is 0 Å². The van der Waals surface area contributed by atoms with Crippen molar-refractivity contribution in [3.8, 4) is 0 Å². The van der Waals surface area contributed by atoms with Crippen LogP contribution >= 0.6 is 24.0 Å². The van der Waals surface area contributed by atoms with Crippen molar-refractivity contribution in [3.63, 3.8) is 0 Å². The lowest BCUT2D eigenvalue weighted by molar-refractivity contribution is -0.123. The predicted molar refractivity (Wildman–Crippen MR) is 78.0 cm³/mol. The summed E-state index contributed by atoms with van der Waals surface area (Å²) in [6.45, 7) is 4.46. The normalized spacial score (nSPS) is 13.3. The summed E-state index contributed by atoms with van der Waals surface area (Å²) in [5.74, 6) is 0.0775. The smallest absolute Gasteiger partial charge is 0.237 e. The Hall–Kier alpha value is -0.770. The molecule has 0 aliphatic carbocycles. The van der Waals surface area contributed by atoms with Gasteiger partial charge in [0.1, 0.15) is 0 Å². The van der Waals surface area contributed by atoms with Crippen molar-refractivity contribution in [2.24, 2.45) is 11.7 Å². The molecule has 18 heavy (non-hydrogen) atoms. The zero-order chi connectivity index (χ0) is 12.8. The van der Waals surface area contributed by atoms with Crippen LogP contribution in [-0.4, -0.2) is 11.9 Å². The van der Waals surface area contributed by atoms with Gasteiger partial charge in [-0.15, -0.1) is 12.4 Å². The quantitative estimate of drug-likeness (QED) is 0.876. The van der Waals surface area contributed by atoms with Gasteiger partial charge in [-0.3, -0.25) is 4.79 Å². The topological polar surface area (TPSA) is 55.1 Å². The Bertz CT molecular complexity index is 385. The highest BCUT2D eigenvalue weighted by molar-refractivity contribution is 6.30. The van der Waals surface area contributed by atoms with Crippen molar-refractivity contribution in [2.75, 3.05) is 0 Å². The number of benzene rings is 1. The lowest BCUT2D eigenvalue weighted by Crippen LogP contribution is -2.44. The van der Waals surface area contributed by atoms with Gasteiger partial charge >= 0.3 is 0 Å². The van der Waals surface area contributed by atoms with Gasteiger partial charge in [0.2, 0.25) is 5.91 Å². The molecule has 0 heterocycles. The number of nitrogens with two attached hydrogens (primary N) is 1. The molecule has 0 aromatic heterocycles. The molecular formula is C13H20Cl2N2O. The summed E-state index contributed by atoms with van der Waals surface area (Å²) in [4.78, 5) is 11.7. The molecule has 1 rings (SSSR count). The van der Waals surface area contributed by atoms with Crippen LogP contribution in [0.4, 0.5) is 0 Å². The fraction of sp³-hybridized carbons (Fsp3) is 0.462. The number of amides is 1. The van der Waals surface area contributed by atoms with Crippen LogP contribution in [0.3, 0.4) is 0 Å². The van der Waals surface area contributed by atoms with E-state index in [-0.39, 0.29) is 24.2 Å². The molecule has 0 aliphatic rings. The van der Waals surface area contributed by atoms with E-state index in [1.807, 2.05) is 32.0 Å². The standard InChI is InChI=1S/C13H19ClN2O.ClH/c1-3-9(2)12(15)13(17)16-8-10-5-4-6-11(14)7-10;/h4-7,9,12H,3,8,15H2,1-2H3,(H,16,17);1H. The molecule has 0 radical (unpaired) electrons. The number of nitrogens with one attached hydrogen (secondary N) is 1. The summed E-state index contributed by atoms with van der Waals surface area (Å²) in [7, 11) is 0. The first-order chi connectivity index (χ1) is 8.04. The van der Waals surface area contributed by atoms with Crippen LogP contribution in [0.1, 0.15) is 25.8 Å². The van der Waals surface area contributed by atoms with E-state index in [1.54, 1.807) is 6.07 Å². The maximum absolute atomic E-state index is 11.7. The number of halogens is 2. The summed E-state index contributed by atoms with van der Waals surface area (Å²) in [6, 6.07) is 6.97. The molecule has 2 atom stereocenters. The lowest BCUT2D eigenvalue weighted by Gasteiger charge is -2.17. The molecule has 1 amide bonds. The first kappa shape index (κ1) is 17.2. The molecule has 1 aromatic rings. The first-order valence-electron chi connectivity index (χ1n) is 5.82. The summed E-state index contributed by atoms with van der Waals surface area (Å²) in [6.07, 6.45) is 0.895. The van der Waals surface area contributed by atoms with E-state index in [0.29, 0.717) is 11.6 Å². The Kier molecular flexibility index (Phi) is 8.00. The molecule has 3 N–H and O–H groups in total. The molecule has 1 aromatic carbocycles. The van der Waals surface area contributed by atoms with E-state index in [4.69, 9.17) is 17.3 Å². The molecule has 0 spiro atoms. The fourth-order valence-electron chi connectivity index (χ4n) is 1.47. The van der Waals surface area contributed by atoms with Crippen molar-refractivity contribution in [1.82, 2.24) is 5.32 Å². The molecule has 102 valence electrons. The van der Waals surface area contributed by atoms with Crippen LogP contribution in [0, 0.1) is 5.92 Å². The number of carbonyl (C=O) groups is 1. The van der Waals surface area contributed by atoms with Crippen LogP contribution in [0.5, 0.6) is 0 Å². The van der Waals surface area contributed by atoms with Gasteiger partial charge in [-0.25, -0.2) is 0 Å². The highest BCUT2D eigenvalue weighted by Gasteiger charge is 2.18. The lowest BCUT2D eigenvalue weighted by atomic mass is 9.99. The molecular weight excluding hydrogens is 271 g/mol. The van der Waals surface area contributed by atoms with Crippen LogP contribution < -0.4 is 11.1 Å². The van der Waals surface area contributed by atoms with Gasteiger partial charge in [-0.1, -0.05) is 44.0 Å². The van der Waals surface area contributed by atoms with Crippen LogP contribution in [0.2, 0.25) is 5.02 Å². The number of carbonyl (C=O) groups excluding carboxylic acids is 1. The second-order valence-electron chi connectivity index (χ2n) is 4.26. The number of hydrogen-bond donors (Lipinski definition) is 2. The van der Waals surface area contributed by atoms with E-state index in [1.165, 1.54) is 0 Å². The monoisotopic (exact) mass is 290 g/mol. The highest BCUT2D eigenvalue weighted by Crippen LogP contribution is 2.10. The molecule has 5 heteroatoms. The van der Waals surface area contributed by atoms with Gasteiger partial charge < -0.3 is 11.1 Å². The van der Waals surface area contributed by atoms with Crippen molar-refractivity contribution in [2.45, 2.75) is 32.9 Å². The second kappa shape index (κ2) is 8.35. The largest absolute Gasteiger partial charge is 0.351 e. The zero-order valence-electron chi connectivity index (χ0n) is 10.7. The number of rotatable bonds is 5. The summed E-state index contributed by atoms with van der Waals surface area (Å²) < 4.78 is 0. The van der Waals surface area contributed by atoms with E-state index >= 15 is 0 Å². The minimum Gasteiger partial charge on any atom is -0.351 e. The third-order valence-electron chi connectivity index (χ3n) is 2.92. The van der Waals surface area contributed by atoms with Gasteiger partial charge in [0, 0.05) is 11.6 Å².